The van der Waals surface area contributed by atoms with Crippen LogP contribution in [0.15, 0.2) is 89.9 Å². The summed E-state index contributed by atoms with van der Waals surface area (Å²) in [6.45, 7) is 4.02. The lowest BCUT2D eigenvalue weighted by molar-refractivity contribution is -0.111. The first kappa shape index (κ1) is 20.9. The van der Waals surface area contributed by atoms with Gasteiger partial charge < -0.3 is 19.2 Å². The Morgan fingerprint density at radius 1 is 1.09 bits per heavy atom. The summed E-state index contributed by atoms with van der Waals surface area (Å²) in [7, 11) is 1.57. The van der Waals surface area contributed by atoms with Gasteiger partial charge in [0, 0.05) is 17.3 Å². The molecule has 32 heavy (non-hydrogen) atoms. The van der Waals surface area contributed by atoms with Crippen LogP contribution < -0.4 is 14.8 Å². The molecule has 6 nitrogen and oxygen atoms in total. The molecule has 4 rings (SSSR count). The van der Waals surface area contributed by atoms with E-state index in [-0.39, 0.29) is 5.91 Å². The van der Waals surface area contributed by atoms with E-state index in [4.69, 9.17) is 13.9 Å². The molecule has 0 bridgehead atoms. The molecule has 0 unspecified atom stereocenters. The number of rotatable bonds is 8. The average Bonchev–Trinajstić information content (AvgIpc) is 3.26. The Bertz CT molecular complexity index is 1240. The number of hydrogen-bond donors (Lipinski definition) is 1. The summed E-state index contributed by atoms with van der Waals surface area (Å²) < 4.78 is 16.7. The first-order chi connectivity index (χ1) is 15.7. The predicted molar refractivity (Wildman–Crippen MR) is 126 cm³/mol. The minimum Gasteiger partial charge on any atom is -0.493 e. The molecular weight excluding hydrogens is 404 g/mol. The van der Waals surface area contributed by atoms with E-state index < -0.39 is 0 Å². The molecule has 0 fully saturated rings. The number of aromatic nitrogens is 1. The van der Waals surface area contributed by atoms with Crippen molar-refractivity contribution in [2.45, 2.75) is 0 Å². The molecule has 4 aromatic rings. The maximum absolute atomic E-state index is 12.3. The number of carbonyl (C=O) groups excluding carboxylic acids is 1. The summed E-state index contributed by atoms with van der Waals surface area (Å²) in [5, 5.41) is 2.84. The number of oxazole rings is 1. The smallest absolute Gasteiger partial charge is 0.248 e. The van der Waals surface area contributed by atoms with Gasteiger partial charge in [-0.05, 0) is 60.2 Å². The van der Waals surface area contributed by atoms with Crippen molar-refractivity contribution < 1.29 is 18.7 Å². The molecule has 0 aliphatic rings. The molecule has 160 valence electrons. The largest absolute Gasteiger partial charge is 0.493 e. The Morgan fingerprint density at radius 3 is 2.66 bits per heavy atom. The fraction of sp³-hybridized carbons (Fsp3) is 0.0769. The molecule has 6 heteroatoms. The van der Waals surface area contributed by atoms with E-state index in [9.17, 15) is 4.79 Å². The van der Waals surface area contributed by atoms with Crippen LogP contribution in [0.2, 0.25) is 0 Å². The zero-order valence-corrected chi connectivity index (χ0v) is 17.6. The monoisotopic (exact) mass is 426 g/mol. The number of fused-ring (bicyclic) bond motifs is 1. The summed E-state index contributed by atoms with van der Waals surface area (Å²) in [5.74, 6) is 1.50. The van der Waals surface area contributed by atoms with Crippen molar-refractivity contribution in [1.82, 2.24) is 4.98 Å². The standard InChI is InChI=1S/C26H22N2O4/c1-3-16-31-23-14-8-18(17-24(23)30-2)9-15-25(29)27-20-12-10-19(11-13-20)26-28-21-6-4-5-7-22(21)32-26/h3-15,17H,1,16H2,2H3,(H,27,29)/b15-9+. The zero-order chi connectivity index (χ0) is 22.3. The maximum atomic E-state index is 12.3. The van der Waals surface area contributed by atoms with E-state index in [2.05, 4.69) is 16.9 Å². The first-order valence-corrected chi connectivity index (χ1v) is 10.0. The van der Waals surface area contributed by atoms with E-state index in [0.717, 1.165) is 22.2 Å². The van der Waals surface area contributed by atoms with Gasteiger partial charge in [0.15, 0.2) is 17.1 Å². The number of nitrogens with one attached hydrogen (secondary N) is 1. The van der Waals surface area contributed by atoms with Crippen molar-refractivity contribution in [3.05, 3.63) is 91.0 Å². The summed E-state index contributed by atoms with van der Waals surface area (Å²) >= 11 is 0. The SMILES string of the molecule is C=CCOc1ccc(/C=C/C(=O)Nc2ccc(-c3nc4ccccc4o3)cc2)cc1OC. The summed E-state index contributed by atoms with van der Waals surface area (Å²) in [6.07, 6.45) is 4.84. The highest BCUT2D eigenvalue weighted by Gasteiger charge is 2.08. The molecule has 1 heterocycles. The second-order valence-electron chi connectivity index (χ2n) is 6.90. The second-order valence-corrected chi connectivity index (χ2v) is 6.90. The van der Waals surface area contributed by atoms with Gasteiger partial charge in [-0.2, -0.15) is 0 Å². The van der Waals surface area contributed by atoms with E-state index in [1.807, 2.05) is 54.6 Å². The lowest BCUT2D eigenvalue weighted by Gasteiger charge is -2.09. The molecule has 0 atom stereocenters. The number of ether oxygens (including phenoxy) is 2. The van der Waals surface area contributed by atoms with Crippen LogP contribution in [0.25, 0.3) is 28.6 Å². The van der Waals surface area contributed by atoms with Crippen molar-refractivity contribution in [1.29, 1.82) is 0 Å². The average molecular weight is 426 g/mol. The lowest BCUT2D eigenvalue weighted by atomic mass is 10.2. The molecular formula is C26H22N2O4. The normalized spacial score (nSPS) is 10.9. The molecule has 0 saturated heterocycles. The molecule has 1 aromatic heterocycles. The quantitative estimate of drug-likeness (QED) is 0.288. The highest BCUT2D eigenvalue weighted by molar-refractivity contribution is 6.02. The molecule has 3 aromatic carbocycles. The number of para-hydroxylation sites is 2. The van der Waals surface area contributed by atoms with Gasteiger partial charge in [-0.3, -0.25) is 4.79 Å². The number of benzene rings is 3. The van der Waals surface area contributed by atoms with Gasteiger partial charge >= 0.3 is 0 Å². The van der Waals surface area contributed by atoms with E-state index in [0.29, 0.717) is 29.7 Å². The number of anilines is 1. The van der Waals surface area contributed by atoms with Crippen molar-refractivity contribution in [3.63, 3.8) is 0 Å². The van der Waals surface area contributed by atoms with E-state index in [1.165, 1.54) is 6.08 Å². The minimum absolute atomic E-state index is 0.245. The van der Waals surface area contributed by atoms with Gasteiger partial charge in [0.1, 0.15) is 12.1 Å². The Morgan fingerprint density at radius 2 is 1.91 bits per heavy atom. The van der Waals surface area contributed by atoms with Crippen LogP contribution in [0, 0.1) is 0 Å². The number of carbonyl (C=O) groups is 1. The van der Waals surface area contributed by atoms with Gasteiger partial charge in [0.2, 0.25) is 11.8 Å². The van der Waals surface area contributed by atoms with E-state index >= 15 is 0 Å². The van der Waals surface area contributed by atoms with Gasteiger partial charge in [-0.25, -0.2) is 4.98 Å². The Kier molecular flexibility index (Phi) is 6.32. The summed E-state index contributed by atoms with van der Waals surface area (Å²) in [4.78, 5) is 16.8. The van der Waals surface area contributed by atoms with Gasteiger partial charge in [0.25, 0.3) is 0 Å². The second kappa shape index (κ2) is 9.66. The third kappa shape index (κ3) is 4.87. The summed E-state index contributed by atoms with van der Waals surface area (Å²) in [6, 6.07) is 20.4. The van der Waals surface area contributed by atoms with Crippen molar-refractivity contribution >= 4 is 28.8 Å². The van der Waals surface area contributed by atoms with Gasteiger partial charge in [-0.1, -0.05) is 30.9 Å². The van der Waals surface area contributed by atoms with E-state index in [1.54, 1.807) is 31.4 Å². The van der Waals surface area contributed by atoms with Gasteiger partial charge in [-0.15, -0.1) is 0 Å². The number of hydrogen-bond acceptors (Lipinski definition) is 5. The molecule has 0 radical (unpaired) electrons. The maximum Gasteiger partial charge on any atom is 0.248 e. The minimum atomic E-state index is -0.245. The predicted octanol–water partition coefficient (Wildman–Crippen LogP) is 5.72. The molecule has 0 spiro atoms. The number of nitrogens with zero attached hydrogens (tertiary/aromatic N) is 1. The topological polar surface area (TPSA) is 73.6 Å². The van der Waals surface area contributed by atoms with Crippen molar-refractivity contribution in [2.75, 3.05) is 19.0 Å². The Balaban J connectivity index is 1.40. The first-order valence-electron chi connectivity index (χ1n) is 10.0. The molecule has 1 amide bonds. The van der Waals surface area contributed by atoms with Crippen molar-refractivity contribution in [3.8, 4) is 23.0 Å². The lowest BCUT2D eigenvalue weighted by Crippen LogP contribution is -2.07. The molecule has 0 aliphatic heterocycles. The van der Waals surface area contributed by atoms with Crippen LogP contribution in [-0.4, -0.2) is 24.6 Å². The van der Waals surface area contributed by atoms with Crippen LogP contribution in [0.3, 0.4) is 0 Å². The molecule has 0 saturated carbocycles. The van der Waals surface area contributed by atoms with Crippen LogP contribution in [-0.2, 0) is 4.79 Å². The van der Waals surface area contributed by atoms with Crippen LogP contribution in [0.5, 0.6) is 11.5 Å². The Labute approximate surface area is 185 Å². The highest BCUT2D eigenvalue weighted by Crippen LogP contribution is 2.29. The molecule has 1 N–H and O–H groups in total. The fourth-order valence-corrected chi connectivity index (χ4v) is 3.10. The number of amides is 1. The number of methoxy groups -OCH3 is 1. The van der Waals surface area contributed by atoms with Crippen LogP contribution in [0.4, 0.5) is 5.69 Å². The molecule has 0 aliphatic carbocycles. The summed E-state index contributed by atoms with van der Waals surface area (Å²) in [5.41, 5.74) is 3.86. The third-order valence-electron chi connectivity index (χ3n) is 4.66. The van der Waals surface area contributed by atoms with Crippen LogP contribution >= 0.6 is 0 Å². The highest BCUT2D eigenvalue weighted by atomic mass is 16.5. The van der Waals surface area contributed by atoms with Crippen molar-refractivity contribution in [2.24, 2.45) is 0 Å². The fourth-order valence-electron chi connectivity index (χ4n) is 3.10. The van der Waals surface area contributed by atoms with Gasteiger partial charge in [0.05, 0.1) is 7.11 Å². The zero-order valence-electron chi connectivity index (χ0n) is 17.6. The Hall–Kier alpha value is -4.32. The van der Waals surface area contributed by atoms with Crippen LogP contribution in [0.1, 0.15) is 5.56 Å². The third-order valence-corrected chi connectivity index (χ3v) is 4.66.